The fourth-order valence-electron chi connectivity index (χ4n) is 3.11. The molecule has 3 N–H and O–H groups in total. The zero-order valence-electron chi connectivity index (χ0n) is 13.8. The predicted molar refractivity (Wildman–Crippen MR) is 90.7 cm³/mol. The number of rotatable bonds is 5. The van der Waals surface area contributed by atoms with E-state index < -0.39 is 12.2 Å². The summed E-state index contributed by atoms with van der Waals surface area (Å²) < 4.78 is 5.26. The zero-order valence-corrected chi connectivity index (χ0v) is 13.8. The molecule has 1 aliphatic rings. The minimum absolute atomic E-state index is 0.0277. The van der Waals surface area contributed by atoms with Crippen molar-refractivity contribution in [2.45, 2.75) is 44.9 Å². The summed E-state index contributed by atoms with van der Waals surface area (Å²) in [6.45, 7) is 6.10. The van der Waals surface area contributed by atoms with Crippen molar-refractivity contribution in [3.63, 3.8) is 0 Å². The molecule has 6 nitrogen and oxygen atoms in total. The molecule has 6 heteroatoms. The molecule has 0 aromatic heterocycles. The first kappa shape index (κ1) is 17.8. The van der Waals surface area contributed by atoms with Gasteiger partial charge in [-0.2, -0.15) is 0 Å². The third-order valence-corrected chi connectivity index (χ3v) is 4.33. The summed E-state index contributed by atoms with van der Waals surface area (Å²) in [5.74, 6) is 0.0277. The van der Waals surface area contributed by atoms with Crippen molar-refractivity contribution < 1.29 is 19.4 Å². The fourth-order valence-corrected chi connectivity index (χ4v) is 3.11. The van der Waals surface area contributed by atoms with Gasteiger partial charge in [0.25, 0.3) is 0 Å². The maximum atomic E-state index is 12.0. The number of hydrogen-bond donors (Lipinski definition) is 3. The molecule has 0 heterocycles. The number of carbonyl (C=O) groups is 2. The van der Waals surface area contributed by atoms with Gasteiger partial charge in [-0.1, -0.05) is 42.5 Å². The van der Waals surface area contributed by atoms with Crippen LogP contribution < -0.4 is 10.6 Å². The number of alkyl carbamates (subject to hydrolysis) is 1. The van der Waals surface area contributed by atoms with Crippen molar-refractivity contribution in [2.75, 3.05) is 0 Å². The van der Waals surface area contributed by atoms with Gasteiger partial charge in [0, 0.05) is 18.0 Å². The SMILES string of the molecule is C=C(C)[C@@H]1CC(NC(=O)O)CC[C@@H]1NC(=O)OCc1ccccc1. The van der Waals surface area contributed by atoms with Gasteiger partial charge in [-0.25, -0.2) is 9.59 Å². The predicted octanol–water partition coefficient (Wildman–Crippen LogP) is 3.29. The average Bonchev–Trinajstić information content (AvgIpc) is 2.54. The van der Waals surface area contributed by atoms with Gasteiger partial charge in [0.1, 0.15) is 6.61 Å². The van der Waals surface area contributed by atoms with Crippen LogP contribution in [0, 0.1) is 5.92 Å². The van der Waals surface area contributed by atoms with E-state index in [1.807, 2.05) is 37.3 Å². The smallest absolute Gasteiger partial charge is 0.407 e. The monoisotopic (exact) mass is 332 g/mol. The van der Waals surface area contributed by atoms with Crippen LogP contribution in [-0.2, 0) is 11.3 Å². The van der Waals surface area contributed by atoms with Gasteiger partial charge in [0.2, 0.25) is 0 Å². The Morgan fingerprint density at radius 2 is 1.96 bits per heavy atom. The Balaban J connectivity index is 1.86. The van der Waals surface area contributed by atoms with E-state index in [1.165, 1.54) is 0 Å². The molecule has 0 bridgehead atoms. The Hall–Kier alpha value is -2.50. The summed E-state index contributed by atoms with van der Waals surface area (Å²) in [7, 11) is 0. The van der Waals surface area contributed by atoms with Crippen LogP contribution in [0.3, 0.4) is 0 Å². The number of ether oxygens (including phenoxy) is 1. The molecule has 0 radical (unpaired) electrons. The van der Waals surface area contributed by atoms with Gasteiger partial charge in [0.05, 0.1) is 0 Å². The number of carboxylic acid groups (broad SMARTS) is 1. The second kappa shape index (κ2) is 8.38. The molecular weight excluding hydrogens is 308 g/mol. The van der Waals surface area contributed by atoms with Crippen LogP contribution in [-0.4, -0.2) is 29.4 Å². The van der Waals surface area contributed by atoms with E-state index in [0.717, 1.165) is 11.1 Å². The highest BCUT2D eigenvalue weighted by Crippen LogP contribution is 2.29. The van der Waals surface area contributed by atoms with E-state index in [1.54, 1.807) is 0 Å². The molecule has 3 atom stereocenters. The molecule has 1 aromatic carbocycles. The van der Waals surface area contributed by atoms with Crippen LogP contribution in [0.15, 0.2) is 42.5 Å². The first-order valence-electron chi connectivity index (χ1n) is 8.07. The molecule has 1 fully saturated rings. The van der Waals surface area contributed by atoms with E-state index in [2.05, 4.69) is 17.2 Å². The molecule has 1 saturated carbocycles. The molecule has 2 rings (SSSR count). The van der Waals surface area contributed by atoms with Crippen molar-refractivity contribution >= 4 is 12.2 Å². The molecule has 1 aliphatic carbocycles. The number of amides is 2. The highest BCUT2D eigenvalue weighted by atomic mass is 16.5. The maximum Gasteiger partial charge on any atom is 0.407 e. The molecule has 0 aliphatic heterocycles. The lowest BCUT2D eigenvalue weighted by atomic mass is 9.78. The van der Waals surface area contributed by atoms with Crippen LogP contribution >= 0.6 is 0 Å². The van der Waals surface area contributed by atoms with Gasteiger partial charge in [0.15, 0.2) is 0 Å². The lowest BCUT2D eigenvalue weighted by Crippen LogP contribution is -2.49. The summed E-state index contributed by atoms with van der Waals surface area (Å²) in [5, 5.41) is 14.3. The maximum absolute atomic E-state index is 12.0. The average molecular weight is 332 g/mol. The lowest BCUT2D eigenvalue weighted by Gasteiger charge is -2.36. The Bertz CT molecular complexity index is 588. The molecule has 0 saturated heterocycles. The van der Waals surface area contributed by atoms with Crippen LogP contribution in [0.4, 0.5) is 9.59 Å². The van der Waals surface area contributed by atoms with Crippen LogP contribution in [0.5, 0.6) is 0 Å². The first-order chi connectivity index (χ1) is 11.5. The summed E-state index contributed by atoms with van der Waals surface area (Å²) in [6, 6.07) is 9.29. The second-order valence-electron chi connectivity index (χ2n) is 6.22. The molecular formula is C18H24N2O4. The van der Waals surface area contributed by atoms with Crippen molar-refractivity contribution in [1.82, 2.24) is 10.6 Å². The summed E-state index contributed by atoms with van der Waals surface area (Å²) in [4.78, 5) is 22.8. The molecule has 0 spiro atoms. The van der Waals surface area contributed by atoms with E-state index in [-0.39, 0.29) is 24.6 Å². The van der Waals surface area contributed by atoms with Crippen molar-refractivity contribution in [3.05, 3.63) is 48.0 Å². The third kappa shape index (κ3) is 5.30. The van der Waals surface area contributed by atoms with Gasteiger partial charge in [-0.3, -0.25) is 0 Å². The van der Waals surface area contributed by atoms with E-state index in [4.69, 9.17) is 9.84 Å². The van der Waals surface area contributed by atoms with Gasteiger partial charge in [-0.05, 0) is 31.7 Å². The number of carbonyl (C=O) groups excluding carboxylic acids is 1. The Morgan fingerprint density at radius 1 is 1.25 bits per heavy atom. The minimum Gasteiger partial charge on any atom is -0.465 e. The number of hydrogen-bond acceptors (Lipinski definition) is 3. The molecule has 2 amide bonds. The third-order valence-electron chi connectivity index (χ3n) is 4.33. The van der Waals surface area contributed by atoms with Gasteiger partial charge in [-0.15, -0.1) is 0 Å². The summed E-state index contributed by atoms with van der Waals surface area (Å²) in [5.41, 5.74) is 1.86. The molecule has 130 valence electrons. The largest absolute Gasteiger partial charge is 0.465 e. The number of nitrogens with one attached hydrogen (secondary N) is 2. The van der Waals surface area contributed by atoms with Crippen LogP contribution in [0.1, 0.15) is 31.7 Å². The molecule has 1 aromatic rings. The fraction of sp³-hybridized carbons (Fsp3) is 0.444. The minimum atomic E-state index is -1.02. The van der Waals surface area contributed by atoms with Crippen LogP contribution in [0.25, 0.3) is 0 Å². The highest BCUT2D eigenvalue weighted by molar-refractivity contribution is 5.68. The number of benzene rings is 1. The van der Waals surface area contributed by atoms with Crippen molar-refractivity contribution in [2.24, 2.45) is 5.92 Å². The second-order valence-corrected chi connectivity index (χ2v) is 6.22. The Labute approximate surface area is 141 Å². The Kier molecular flexibility index (Phi) is 6.23. The van der Waals surface area contributed by atoms with Crippen molar-refractivity contribution in [1.29, 1.82) is 0 Å². The molecule has 24 heavy (non-hydrogen) atoms. The van der Waals surface area contributed by atoms with Gasteiger partial charge < -0.3 is 20.5 Å². The Morgan fingerprint density at radius 3 is 2.58 bits per heavy atom. The van der Waals surface area contributed by atoms with Crippen molar-refractivity contribution in [3.8, 4) is 0 Å². The summed E-state index contributed by atoms with van der Waals surface area (Å²) >= 11 is 0. The summed E-state index contributed by atoms with van der Waals surface area (Å²) in [6.07, 6.45) is 0.516. The lowest BCUT2D eigenvalue weighted by molar-refractivity contribution is 0.126. The van der Waals surface area contributed by atoms with E-state index in [9.17, 15) is 9.59 Å². The highest BCUT2D eigenvalue weighted by Gasteiger charge is 2.32. The van der Waals surface area contributed by atoms with E-state index in [0.29, 0.717) is 19.3 Å². The first-order valence-corrected chi connectivity index (χ1v) is 8.07. The zero-order chi connectivity index (χ0) is 17.5. The quantitative estimate of drug-likeness (QED) is 0.722. The topological polar surface area (TPSA) is 87.7 Å². The normalized spacial score (nSPS) is 23.1. The standard InChI is InChI=1S/C18H24N2O4/c1-12(2)15-10-14(19-17(21)22)8-9-16(15)20-18(23)24-11-13-6-4-3-5-7-13/h3-7,14-16,19H,1,8-11H2,2H3,(H,20,23)(H,21,22)/t14?,15-,16-/m0/s1. The molecule has 1 unspecified atom stereocenters. The van der Waals surface area contributed by atoms with Crippen LogP contribution in [0.2, 0.25) is 0 Å². The van der Waals surface area contributed by atoms with Gasteiger partial charge >= 0.3 is 12.2 Å². The van der Waals surface area contributed by atoms with E-state index >= 15 is 0 Å².